The van der Waals surface area contributed by atoms with E-state index >= 15 is 0 Å². The van der Waals surface area contributed by atoms with Gasteiger partial charge >= 0.3 is 0 Å². The van der Waals surface area contributed by atoms with E-state index in [1.807, 2.05) is 0 Å². The Morgan fingerprint density at radius 3 is 1.92 bits per heavy atom. The van der Waals surface area contributed by atoms with Crippen molar-refractivity contribution in [3.63, 3.8) is 0 Å². The van der Waals surface area contributed by atoms with E-state index in [-0.39, 0.29) is 4.32 Å². The molecule has 0 amide bonds. The summed E-state index contributed by atoms with van der Waals surface area (Å²) in [6.07, 6.45) is 5.75. The van der Waals surface area contributed by atoms with Gasteiger partial charge < -0.3 is 4.90 Å². The van der Waals surface area contributed by atoms with Gasteiger partial charge in [-0.2, -0.15) is 0 Å². The topological polar surface area (TPSA) is 3.24 Å². The molecule has 1 aliphatic carbocycles. The number of rotatable bonds is 6. The van der Waals surface area contributed by atoms with E-state index in [9.17, 15) is 0 Å². The first-order chi connectivity index (χ1) is 12.5. The SMILES string of the molecule is CCCC(CC(Br)C1(Br)c2ccccc2CCc2ccccc21)N(C)C. The second kappa shape index (κ2) is 8.58. The zero-order valence-electron chi connectivity index (χ0n) is 16.0. The Morgan fingerprint density at radius 1 is 0.962 bits per heavy atom. The van der Waals surface area contributed by atoms with E-state index in [4.69, 9.17) is 0 Å². The molecule has 0 saturated heterocycles. The van der Waals surface area contributed by atoms with Crippen LogP contribution in [0.2, 0.25) is 0 Å². The molecule has 0 aromatic heterocycles. The van der Waals surface area contributed by atoms with Crippen LogP contribution in [0.1, 0.15) is 48.4 Å². The fraction of sp³-hybridized carbons (Fsp3) is 0.478. The van der Waals surface area contributed by atoms with Crippen LogP contribution in [-0.4, -0.2) is 29.9 Å². The van der Waals surface area contributed by atoms with Crippen LogP contribution in [0.15, 0.2) is 48.5 Å². The molecule has 0 aliphatic heterocycles. The van der Waals surface area contributed by atoms with Gasteiger partial charge in [0.15, 0.2) is 0 Å². The Labute approximate surface area is 175 Å². The molecule has 2 unspecified atom stereocenters. The van der Waals surface area contributed by atoms with Crippen LogP contribution in [0, 0.1) is 0 Å². The Hall–Kier alpha value is -0.640. The van der Waals surface area contributed by atoms with Crippen LogP contribution in [0.4, 0.5) is 0 Å². The maximum atomic E-state index is 4.27. The first kappa shape index (κ1) is 20.1. The van der Waals surface area contributed by atoms with Crippen LogP contribution < -0.4 is 0 Å². The van der Waals surface area contributed by atoms with E-state index in [0.29, 0.717) is 10.9 Å². The van der Waals surface area contributed by atoms with Crippen LogP contribution in [0.5, 0.6) is 0 Å². The van der Waals surface area contributed by atoms with E-state index in [2.05, 4.69) is 106 Å². The minimum atomic E-state index is -0.196. The van der Waals surface area contributed by atoms with Gasteiger partial charge in [-0.1, -0.05) is 93.7 Å². The van der Waals surface area contributed by atoms with E-state index in [0.717, 1.165) is 19.3 Å². The first-order valence-electron chi connectivity index (χ1n) is 9.64. The molecule has 0 spiro atoms. The molecule has 1 aliphatic rings. The van der Waals surface area contributed by atoms with Gasteiger partial charge in [0, 0.05) is 10.9 Å². The Morgan fingerprint density at radius 2 is 1.46 bits per heavy atom. The van der Waals surface area contributed by atoms with Gasteiger partial charge in [-0.15, -0.1) is 0 Å². The predicted octanol–water partition coefficient (Wildman–Crippen LogP) is 6.31. The highest BCUT2D eigenvalue weighted by Gasteiger charge is 2.43. The van der Waals surface area contributed by atoms with Gasteiger partial charge in [0.25, 0.3) is 0 Å². The van der Waals surface area contributed by atoms with E-state index in [1.165, 1.54) is 35.1 Å². The lowest BCUT2D eigenvalue weighted by Gasteiger charge is -2.38. The maximum absolute atomic E-state index is 4.27. The van der Waals surface area contributed by atoms with Gasteiger partial charge in [-0.05, 0) is 62.0 Å². The monoisotopic (exact) mass is 477 g/mol. The summed E-state index contributed by atoms with van der Waals surface area (Å²) in [6.45, 7) is 2.28. The van der Waals surface area contributed by atoms with E-state index in [1.54, 1.807) is 0 Å². The highest BCUT2D eigenvalue weighted by molar-refractivity contribution is 9.12. The number of hydrogen-bond donors (Lipinski definition) is 0. The third-order valence-corrected chi connectivity index (χ3v) is 8.83. The zero-order valence-corrected chi connectivity index (χ0v) is 19.2. The molecule has 2 atom stereocenters. The summed E-state index contributed by atoms with van der Waals surface area (Å²) < 4.78 is -0.196. The summed E-state index contributed by atoms with van der Waals surface area (Å²) in [5, 5.41) is 0. The van der Waals surface area contributed by atoms with Gasteiger partial charge in [0.2, 0.25) is 0 Å². The molecule has 0 N–H and O–H groups in total. The number of fused-ring (bicyclic) bond motifs is 2. The second-order valence-electron chi connectivity index (χ2n) is 7.64. The molecule has 0 radical (unpaired) electrons. The maximum Gasteiger partial charge on any atom is 0.0885 e. The second-order valence-corrected chi connectivity index (χ2v) is 9.99. The quantitative estimate of drug-likeness (QED) is 0.439. The van der Waals surface area contributed by atoms with Crippen molar-refractivity contribution in [3.8, 4) is 0 Å². The van der Waals surface area contributed by atoms with Crippen molar-refractivity contribution >= 4 is 31.9 Å². The standard InChI is InChI=1S/C23H29Br2N/c1-4-9-19(26(2)3)16-22(24)23(25)20-12-7-5-10-17(20)14-15-18-11-6-8-13-21(18)23/h5-8,10-13,19,22H,4,9,14-16H2,1-3H3. The van der Waals surface area contributed by atoms with Gasteiger partial charge in [0.05, 0.1) is 4.32 Å². The number of alkyl halides is 2. The van der Waals surface area contributed by atoms with Crippen LogP contribution in [-0.2, 0) is 17.2 Å². The van der Waals surface area contributed by atoms with Crippen LogP contribution in [0.3, 0.4) is 0 Å². The Kier molecular flexibility index (Phi) is 6.63. The van der Waals surface area contributed by atoms with Crippen molar-refractivity contribution in [3.05, 3.63) is 70.8 Å². The molecule has 1 nitrogen and oxygen atoms in total. The normalized spacial score (nSPS) is 17.9. The Balaban J connectivity index is 2.08. The number of hydrogen-bond acceptors (Lipinski definition) is 1. The third-order valence-electron chi connectivity index (χ3n) is 5.75. The summed E-state index contributed by atoms with van der Waals surface area (Å²) >= 11 is 8.41. The summed E-state index contributed by atoms with van der Waals surface area (Å²) in [5.74, 6) is 0. The number of aryl methyl sites for hydroxylation is 2. The number of benzene rings is 2. The summed E-state index contributed by atoms with van der Waals surface area (Å²) in [4.78, 5) is 2.69. The summed E-state index contributed by atoms with van der Waals surface area (Å²) in [6, 6.07) is 18.5. The number of nitrogens with zero attached hydrogens (tertiary/aromatic N) is 1. The van der Waals surface area contributed by atoms with Crippen molar-refractivity contribution in [2.24, 2.45) is 0 Å². The third kappa shape index (κ3) is 3.81. The smallest absolute Gasteiger partial charge is 0.0885 e. The van der Waals surface area contributed by atoms with Gasteiger partial charge in [0.1, 0.15) is 0 Å². The molecular weight excluding hydrogens is 450 g/mol. The fourth-order valence-electron chi connectivity index (χ4n) is 4.26. The van der Waals surface area contributed by atoms with Crippen molar-refractivity contribution < 1.29 is 0 Å². The molecule has 0 fully saturated rings. The zero-order chi connectivity index (χ0) is 18.7. The van der Waals surface area contributed by atoms with Gasteiger partial charge in [-0.25, -0.2) is 0 Å². The Bertz CT molecular complexity index is 693. The molecular formula is C23H29Br2N. The predicted molar refractivity (Wildman–Crippen MR) is 120 cm³/mol. The molecule has 3 rings (SSSR count). The molecule has 26 heavy (non-hydrogen) atoms. The van der Waals surface area contributed by atoms with Gasteiger partial charge in [-0.3, -0.25) is 0 Å². The van der Waals surface area contributed by atoms with Crippen molar-refractivity contribution in [1.82, 2.24) is 4.90 Å². The van der Waals surface area contributed by atoms with Crippen molar-refractivity contribution in [2.45, 2.75) is 54.2 Å². The molecule has 0 bridgehead atoms. The molecule has 3 heteroatoms. The summed E-state index contributed by atoms with van der Waals surface area (Å²) in [5.41, 5.74) is 5.76. The summed E-state index contributed by atoms with van der Waals surface area (Å²) in [7, 11) is 4.41. The molecule has 140 valence electrons. The minimum absolute atomic E-state index is 0.196. The lowest BCUT2D eigenvalue weighted by Crippen LogP contribution is -2.38. The highest BCUT2D eigenvalue weighted by atomic mass is 79.9. The van der Waals surface area contributed by atoms with E-state index < -0.39 is 0 Å². The van der Waals surface area contributed by atoms with Crippen LogP contribution in [0.25, 0.3) is 0 Å². The molecule has 2 aromatic carbocycles. The first-order valence-corrected chi connectivity index (χ1v) is 11.4. The molecule has 0 heterocycles. The fourth-order valence-corrected chi connectivity index (χ4v) is 6.15. The number of halogens is 2. The lowest BCUT2D eigenvalue weighted by atomic mass is 9.83. The molecule has 0 saturated carbocycles. The largest absolute Gasteiger partial charge is 0.306 e. The minimum Gasteiger partial charge on any atom is -0.306 e. The van der Waals surface area contributed by atoms with Crippen LogP contribution >= 0.6 is 31.9 Å². The molecule has 2 aromatic rings. The lowest BCUT2D eigenvalue weighted by molar-refractivity contribution is 0.257. The highest BCUT2D eigenvalue weighted by Crippen LogP contribution is 2.50. The van der Waals surface area contributed by atoms with Crippen molar-refractivity contribution in [2.75, 3.05) is 14.1 Å². The average Bonchev–Trinajstić information content (AvgIpc) is 2.77. The van der Waals surface area contributed by atoms with Crippen molar-refractivity contribution in [1.29, 1.82) is 0 Å². The average molecular weight is 479 g/mol.